The highest BCUT2D eigenvalue weighted by Gasteiger charge is 2.15. The van der Waals surface area contributed by atoms with Crippen molar-refractivity contribution in [2.24, 2.45) is 0 Å². The number of aliphatic carboxylic acids is 1. The molecule has 9 heteroatoms. The monoisotopic (exact) mass is 269 g/mol. The second-order valence-corrected chi connectivity index (χ2v) is 4.12. The maximum absolute atomic E-state index is 10.8. The minimum atomic E-state index is -1.01. The number of rotatable bonds is 7. The first-order chi connectivity index (χ1) is 8.90. The second kappa shape index (κ2) is 6.59. The van der Waals surface area contributed by atoms with Crippen LogP contribution in [0.5, 0.6) is 0 Å². The lowest BCUT2D eigenvalue weighted by Crippen LogP contribution is -2.36. The van der Waals surface area contributed by atoms with Crippen molar-refractivity contribution in [3.8, 4) is 0 Å². The van der Waals surface area contributed by atoms with Gasteiger partial charge in [0.15, 0.2) is 0 Å². The molecule has 1 rings (SSSR count). The van der Waals surface area contributed by atoms with Crippen LogP contribution in [0.1, 0.15) is 0 Å². The summed E-state index contributed by atoms with van der Waals surface area (Å²) in [6.07, 6.45) is 2.12. The molecular formula is C10H15N5O4. The highest BCUT2D eigenvalue weighted by atomic mass is 16.6. The first-order valence-electron chi connectivity index (χ1n) is 5.48. The van der Waals surface area contributed by atoms with Crippen molar-refractivity contribution < 1.29 is 14.8 Å². The lowest BCUT2D eigenvalue weighted by Gasteiger charge is -2.22. The molecule has 0 saturated heterocycles. The Morgan fingerprint density at radius 3 is 2.37 bits per heavy atom. The van der Waals surface area contributed by atoms with E-state index in [4.69, 9.17) is 5.11 Å². The molecule has 0 amide bonds. The van der Waals surface area contributed by atoms with Crippen LogP contribution in [0.4, 0.5) is 11.6 Å². The van der Waals surface area contributed by atoms with Gasteiger partial charge in [-0.05, 0) is 14.1 Å². The van der Waals surface area contributed by atoms with E-state index in [1.165, 1.54) is 4.90 Å². The normalized spacial score (nSPS) is 10.5. The smallest absolute Gasteiger partial charge is 0.323 e. The number of hydrogen-bond donors (Lipinski definition) is 1. The third-order valence-electron chi connectivity index (χ3n) is 2.26. The molecule has 1 aromatic heterocycles. The van der Waals surface area contributed by atoms with Crippen molar-refractivity contribution in [2.45, 2.75) is 0 Å². The van der Waals surface area contributed by atoms with Gasteiger partial charge in [-0.25, -0.2) is 9.97 Å². The van der Waals surface area contributed by atoms with Gasteiger partial charge in [0.2, 0.25) is 5.95 Å². The summed E-state index contributed by atoms with van der Waals surface area (Å²) in [5.41, 5.74) is -0.230. The van der Waals surface area contributed by atoms with Crippen molar-refractivity contribution in [3.63, 3.8) is 0 Å². The molecule has 9 nitrogen and oxygen atoms in total. The number of carboxylic acid groups (broad SMARTS) is 1. The van der Waals surface area contributed by atoms with Crippen LogP contribution in [0, 0.1) is 10.1 Å². The molecule has 19 heavy (non-hydrogen) atoms. The summed E-state index contributed by atoms with van der Waals surface area (Å²) in [5, 5.41) is 19.3. The Labute approximate surface area is 109 Å². The minimum Gasteiger partial charge on any atom is -0.480 e. The summed E-state index contributed by atoms with van der Waals surface area (Å²) < 4.78 is 0. The molecule has 0 fully saturated rings. The lowest BCUT2D eigenvalue weighted by molar-refractivity contribution is -0.385. The van der Waals surface area contributed by atoms with E-state index in [2.05, 4.69) is 9.97 Å². The van der Waals surface area contributed by atoms with Crippen LogP contribution in [0.15, 0.2) is 12.4 Å². The molecule has 1 heterocycles. The van der Waals surface area contributed by atoms with Crippen molar-refractivity contribution in [2.75, 3.05) is 38.6 Å². The van der Waals surface area contributed by atoms with Crippen LogP contribution in [-0.4, -0.2) is 64.6 Å². The van der Waals surface area contributed by atoms with E-state index < -0.39 is 10.9 Å². The largest absolute Gasteiger partial charge is 0.480 e. The van der Waals surface area contributed by atoms with Crippen LogP contribution in [0.25, 0.3) is 0 Å². The van der Waals surface area contributed by atoms with Crippen LogP contribution < -0.4 is 4.90 Å². The Kier molecular flexibility index (Phi) is 5.12. The molecule has 1 aromatic rings. The maximum atomic E-state index is 10.8. The molecule has 0 spiro atoms. The molecule has 0 atom stereocenters. The molecule has 0 aliphatic heterocycles. The summed E-state index contributed by atoms with van der Waals surface area (Å²) in [7, 11) is 3.71. The number of aromatic nitrogens is 2. The molecule has 0 bridgehead atoms. The predicted molar refractivity (Wildman–Crippen MR) is 67.1 cm³/mol. The molecule has 0 unspecified atom stereocenters. The van der Waals surface area contributed by atoms with Gasteiger partial charge in [-0.1, -0.05) is 0 Å². The zero-order valence-electron chi connectivity index (χ0n) is 10.7. The molecule has 0 aliphatic carbocycles. The summed E-state index contributed by atoms with van der Waals surface area (Å²) >= 11 is 0. The van der Waals surface area contributed by atoms with Gasteiger partial charge >= 0.3 is 11.7 Å². The van der Waals surface area contributed by atoms with Gasteiger partial charge in [0, 0.05) is 13.1 Å². The Balaban J connectivity index is 2.83. The number of nitrogens with zero attached hydrogens (tertiary/aromatic N) is 5. The average molecular weight is 269 g/mol. The SMILES string of the molecule is CN(C)CCN(CC(=O)O)c1ncc([N+](=O)[O-])cn1. The van der Waals surface area contributed by atoms with Crippen molar-refractivity contribution in [1.82, 2.24) is 14.9 Å². The highest BCUT2D eigenvalue weighted by molar-refractivity contribution is 5.72. The lowest BCUT2D eigenvalue weighted by atomic mass is 10.4. The number of carbonyl (C=O) groups is 1. The Morgan fingerprint density at radius 2 is 1.95 bits per heavy atom. The van der Waals surface area contributed by atoms with Crippen LogP contribution in [-0.2, 0) is 4.79 Å². The van der Waals surface area contributed by atoms with E-state index in [-0.39, 0.29) is 18.2 Å². The number of hydrogen-bond acceptors (Lipinski definition) is 7. The van der Waals surface area contributed by atoms with Crippen molar-refractivity contribution in [1.29, 1.82) is 0 Å². The summed E-state index contributed by atoms with van der Waals surface area (Å²) in [6, 6.07) is 0. The van der Waals surface area contributed by atoms with E-state index in [0.717, 1.165) is 12.4 Å². The molecule has 1 N–H and O–H groups in total. The van der Waals surface area contributed by atoms with Gasteiger partial charge in [0.1, 0.15) is 18.9 Å². The molecule has 0 radical (unpaired) electrons. The fourth-order valence-electron chi connectivity index (χ4n) is 1.31. The summed E-state index contributed by atoms with van der Waals surface area (Å²) in [5.74, 6) is -0.851. The molecular weight excluding hydrogens is 254 g/mol. The van der Waals surface area contributed by atoms with Gasteiger partial charge in [0.05, 0.1) is 4.92 Å². The quantitative estimate of drug-likeness (QED) is 0.536. The Bertz CT molecular complexity index is 448. The van der Waals surface area contributed by atoms with Gasteiger partial charge in [0.25, 0.3) is 0 Å². The van der Waals surface area contributed by atoms with Crippen LogP contribution in [0.2, 0.25) is 0 Å². The van der Waals surface area contributed by atoms with Gasteiger partial charge < -0.3 is 14.9 Å². The zero-order chi connectivity index (χ0) is 14.4. The maximum Gasteiger partial charge on any atom is 0.323 e. The zero-order valence-corrected chi connectivity index (χ0v) is 10.7. The fraction of sp³-hybridized carbons (Fsp3) is 0.500. The third-order valence-corrected chi connectivity index (χ3v) is 2.26. The van der Waals surface area contributed by atoms with Gasteiger partial charge in [-0.3, -0.25) is 14.9 Å². The second-order valence-electron chi connectivity index (χ2n) is 4.12. The molecule has 104 valence electrons. The van der Waals surface area contributed by atoms with E-state index >= 15 is 0 Å². The van der Waals surface area contributed by atoms with Gasteiger partial charge in [-0.2, -0.15) is 0 Å². The molecule has 0 saturated carbocycles. The predicted octanol–water partition coefficient (Wildman–Crippen LogP) is -0.163. The molecule has 0 aliphatic rings. The van der Waals surface area contributed by atoms with Crippen LogP contribution >= 0.6 is 0 Å². The van der Waals surface area contributed by atoms with Crippen molar-refractivity contribution >= 4 is 17.6 Å². The van der Waals surface area contributed by atoms with Crippen molar-refractivity contribution in [3.05, 3.63) is 22.5 Å². The van der Waals surface area contributed by atoms with E-state index in [0.29, 0.717) is 13.1 Å². The number of anilines is 1. The summed E-state index contributed by atoms with van der Waals surface area (Å²) in [4.78, 5) is 31.6. The number of carboxylic acids is 1. The standard InChI is InChI=1S/C10H15N5O4/c1-13(2)3-4-14(7-9(16)17)10-11-5-8(6-12-10)15(18)19/h5-6H,3-4,7H2,1-2H3,(H,16,17). The minimum absolute atomic E-state index is 0.162. The van der Waals surface area contributed by atoms with E-state index in [1.807, 2.05) is 19.0 Å². The first-order valence-corrected chi connectivity index (χ1v) is 5.48. The Morgan fingerprint density at radius 1 is 1.37 bits per heavy atom. The highest BCUT2D eigenvalue weighted by Crippen LogP contribution is 2.11. The third kappa shape index (κ3) is 4.84. The first kappa shape index (κ1) is 14.8. The summed E-state index contributed by atoms with van der Waals surface area (Å²) in [6.45, 7) is 0.774. The fourth-order valence-corrected chi connectivity index (χ4v) is 1.31. The molecule has 0 aromatic carbocycles. The average Bonchev–Trinajstić information content (AvgIpc) is 2.34. The number of nitro groups is 1. The van der Waals surface area contributed by atoms with Crippen LogP contribution in [0.3, 0.4) is 0 Å². The Hall–Kier alpha value is -2.29. The van der Waals surface area contributed by atoms with E-state index in [1.54, 1.807) is 0 Å². The number of likely N-dealkylation sites (N-methyl/N-ethyl adjacent to an activating group) is 1. The van der Waals surface area contributed by atoms with E-state index in [9.17, 15) is 14.9 Å². The van der Waals surface area contributed by atoms with Gasteiger partial charge in [-0.15, -0.1) is 0 Å². The topological polar surface area (TPSA) is 113 Å².